The molecule has 2 aromatic carbocycles. The molecule has 2 rings (SSSR count). The molecule has 0 radical (unpaired) electrons. The Kier molecular flexibility index (Phi) is 5.68. The van der Waals surface area contributed by atoms with Gasteiger partial charge in [-0.15, -0.1) is 0 Å². The number of hydrogen-bond donors (Lipinski definition) is 2. The van der Waals surface area contributed by atoms with Gasteiger partial charge < -0.3 is 15.2 Å². The number of phenolic OH excluding ortho intramolecular Hbond substituents is 1. The van der Waals surface area contributed by atoms with Gasteiger partial charge in [-0.1, -0.05) is 0 Å². The number of aromatic hydroxyl groups is 1. The molecule has 2 aromatic rings. The van der Waals surface area contributed by atoms with Gasteiger partial charge in [-0.3, -0.25) is 14.9 Å². The number of nitrogens with one attached hydrogen (secondary N) is 1. The fourth-order valence-corrected chi connectivity index (χ4v) is 2.24. The summed E-state index contributed by atoms with van der Waals surface area (Å²) in [4.78, 5) is 33.6. The summed E-state index contributed by atoms with van der Waals surface area (Å²) in [5.74, 6) is -1.68. The van der Waals surface area contributed by atoms with Crippen LogP contribution in [-0.4, -0.2) is 28.5 Å². The lowest BCUT2D eigenvalue weighted by Gasteiger charge is -2.08. The van der Waals surface area contributed by atoms with Crippen LogP contribution in [0.3, 0.4) is 0 Å². The molecule has 24 heavy (non-hydrogen) atoms. The highest BCUT2D eigenvalue weighted by atomic mass is 127. The fraction of sp³-hybridized carbons (Fsp3) is 0.0667. The molecule has 0 aromatic heterocycles. The highest BCUT2D eigenvalue weighted by Crippen LogP contribution is 2.20. The highest BCUT2D eigenvalue weighted by molar-refractivity contribution is 14.1. The molecule has 0 atom stereocenters. The minimum absolute atomic E-state index is 0.0370. The zero-order valence-corrected chi connectivity index (χ0v) is 14.2. The van der Waals surface area contributed by atoms with E-state index in [2.05, 4.69) is 5.32 Å². The molecule has 0 fully saturated rings. The van der Waals surface area contributed by atoms with Crippen molar-refractivity contribution in [1.29, 1.82) is 0 Å². The zero-order valence-electron chi connectivity index (χ0n) is 12.1. The fourth-order valence-electron chi connectivity index (χ4n) is 1.74. The first-order valence-corrected chi connectivity index (χ1v) is 7.64. The number of hydrogen-bond acceptors (Lipinski definition) is 6. The Morgan fingerprint density at radius 1 is 1.21 bits per heavy atom. The number of anilines is 1. The van der Waals surface area contributed by atoms with Crippen LogP contribution in [0.15, 0.2) is 42.5 Å². The van der Waals surface area contributed by atoms with Gasteiger partial charge in [0.25, 0.3) is 11.6 Å². The van der Waals surface area contributed by atoms with Crippen molar-refractivity contribution >= 4 is 45.8 Å². The van der Waals surface area contributed by atoms with Crippen LogP contribution in [0, 0.1) is 13.7 Å². The van der Waals surface area contributed by atoms with Gasteiger partial charge in [0.2, 0.25) is 0 Å². The number of carbonyl (C=O) groups excluding carboxylic acids is 2. The number of esters is 1. The second kappa shape index (κ2) is 7.73. The number of benzene rings is 2. The molecule has 0 aliphatic rings. The van der Waals surface area contributed by atoms with Crippen molar-refractivity contribution in [2.45, 2.75) is 0 Å². The summed E-state index contributed by atoms with van der Waals surface area (Å²) in [6.07, 6.45) is 0. The van der Waals surface area contributed by atoms with E-state index in [1.54, 1.807) is 6.07 Å². The number of halogens is 1. The third-order valence-corrected chi connectivity index (χ3v) is 3.55. The van der Waals surface area contributed by atoms with Gasteiger partial charge in [0.05, 0.1) is 4.92 Å². The summed E-state index contributed by atoms with van der Waals surface area (Å²) in [5.41, 5.74) is 0.192. The van der Waals surface area contributed by atoms with Crippen LogP contribution in [0.1, 0.15) is 10.4 Å². The molecule has 0 aliphatic heterocycles. The minimum atomic E-state index is -0.829. The number of nitro groups is 1. The zero-order chi connectivity index (χ0) is 17.7. The molecule has 0 saturated heterocycles. The van der Waals surface area contributed by atoms with Crippen LogP contribution in [-0.2, 0) is 9.53 Å². The van der Waals surface area contributed by atoms with Gasteiger partial charge in [0.1, 0.15) is 11.3 Å². The highest BCUT2D eigenvalue weighted by Gasteiger charge is 2.15. The quantitative estimate of drug-likeness (QED) is 0.318. The standard InChI is InChI=1S/C15H11IN2O6/c16-9-1-6-13(19)12(7-9)15(21)24-8-14(20)17-10-2-4-11(5-3-10)18(22)23/h1-7,19H,8H2,(H,17,20). The minimum Gasteiger partial charge on any atom is -0.507 e. The van der Waals surface area contributed by atoms with Crippen LogP contribution in [0.2, 0.25) is 0 Å². The number of carbonyl (C=O) groups is 2. The van der Waals surface area contributed by atoms with Crippen molar-refractivity contribution in [1.82, 2.24) is 0 Å². The molecule has 0 unspecified atom stereocenters. The summed E-state index contributed by atoms with van der Waals surface area (Å²) in [6, 6.07) is 9.62. The summed E-state index contributed by atoms with van der Waals surface area (Å²) < 4.78 is 5.57. The Morgan fingerprint density at radius 2 is 1.88 bits per heavy atom. The third kappa shape index (κ3) is 4.65. The summed E-state index contributed by atoms with van der Waals surface area (Å²) >= 11 is 1.97. The lowest BCUT2D eigenvalue weighted by Crippen LogP contribution is -2.21. The molecule has 8 nitrogen and oxygen atoms in total. The van der Waals surface area contributed by atoms with Crippen molar-refractivity contribution in [2.24, 2.45) is 0 Å². The maximum absolute atomic E-state index is 11.9. The number of non-ortho nitro benzene ring substituents is 1. The normalized spacial score (nSPS) is 10.0. The number of phenols is 1. The number of nitro benzene ring substituents is 1. The Hall–Kier alpha value is -2.69. The van der Waals surface area contributed by atoms with Gasteiger partial charge in [-0.2, -0.15) is 0 Å². The van der Waals surface area contributed by atoms with Crippen LogP contribution in [0.4, 0.5) is 11.4 Å². The number of ether oxygens (including phenoxy) is 1. The SMILES string of the molecule is O=C(COC(=O)c1cc(I)ccc1O)Nc1ccc([N+](=O)[O-])cc1. The Bertz CT molecular complexity index is 791. The first-order valence-electron chi connectivity index (χ1n) is 6.57. The monoisotopic (exact) mass is 442 g/mol. The van der Waals surface area contributed by atoms with Crippen molar-refractivity contribution in [3.05, 3.63) is 61.7 Å². The van der Waals surface area contributed by atoms with Crippen LogP contribution < -0.4 is 5.32 Å². The molecule has 0 bridgehead atoms. The second-order valence-electron chi connectivity index (χ2n) is 4.59. The summed E-state index contributed by atoms with van der Waals surface area (Å²) in [5, 5.41) is 22.6. The lowest BCUT2D eigenvalue weighted by atomic mass is 10.2. The molecule has 124 valence electrons. The maximum atomic E-state index is 11.9. The van der Waals surface area contributed by atoms with E-state index in [-0.39, 0.29) is 17.0 Å². The predicted molar refractivity (Wildman–Crippen MR) is 92.8 cm³/mol. The molecule has 1 amide bonds. The van der Waals surface area contributed by atoms with E-state index in [1.807, 2.05) is 22.6 Å². The molecule has 0 aliphatic carbocycles. The van der Waals surface area contributed by atoms with Gasteiger partial charge in [0.15, 0.2) is 6.61 Å². The van der Waals surface area contributed by atoms with Crippen LogP contribution in [0.25, 0.3) is 0 Å². The predicted octanol–water partition coefficient (Wildman–Crippen LogP) is 2.70. The molecule has 2 N–H and O–H groups in total. The summed E-state index contributed by atoms with van der Waals surface area (Å²) in [6.45, 7) is -0.555. The van der Waals surface area contributed by atoms with Gasteiger partial charge in [-0.05, 0) is 52.9 Å². The van der Waals surface area contributed by atoms with Gasteiger partial charge in [0, 0.05) is 21.4 Å². The van der Waals surface area contributed by atoms with Crippen LogP contribution >= 0.6 is 22.6 Å². The molecule has 0 heterocycles. The Balaban J connectivity index is 1.92. The van der Waals surface area contributed by atoms with E-state index in [9.17, 15) is 24.8 Å². The van der Waals surface area contributed by atoms with Crippen molar-refractivity contribution in [3.8, 4) is 5.75 Å². The average molecular weight is 442 g/mol. The lowest BCUT2D eigenvalue weighted by molar-refractivity contribution is -0.384. The topological polar surface area (TPSA) is 119 Å². The summed E-state index contributed by atoms with van der Waals surface area (Å²) in [7, 11) is 0. The second-order valence-corrected chi connectivity index (χ2v) is 5.84. The number of nitrogens with zero attached hydrogens (tertiary/aromatic N) is 1. The largest absolute Gasteiger partial charge is 0.507 e. The van der Waals surface area contributed by atoms with Crippen molar-refractivity contribution < 1.29 is 24.4 Å². The van der Waals surface area contributed by atoms with E-state index in [0.29, 0.717) is 5.69 Å². The smallest absolute Gasteiger partial charge is 0.342 e. The Labute approximate surface area is 149 Å². The van der Waals surface area contributed by atoms with E-state index < -0.39 is 23.4 Å². The van der Waals surface area contributed by atoms with Gasteiger partial charge >= 0.3 is 5.97 Å². The Morgan fingerprint density at radius 3 is 2.50 bits per heavy atom. The van der Waals surface area contributed by atoms with E-state index in [1.165, 1.54) is 36.4 Å². The average Bonchev–Trinajstić information content (AvgIpc) is 2.55. The molecular formula is C15H11IN2O6. The van der Waals surface area contributed by atoms with E-state index in [0.717, 1.165) is 3.57 Å². The third-order valence-electron chi connectivity index (χ3n) is 2.87. The van der Waals surface area contributed by atoms with Crippen LogP contribution in [0.5, 0.6) is 5.75 Å². The molecule has 0 spiro atoms. The molecular weight excluding hydrogens is 431 g/mol. The van der Waals surface area contributed by atoms with Crippen molar-refractivity contribution in [3.63, 3.8) is 0 Å². The maximum Gasteiger partial charge on any atom is 0.342 e. The molecule has 9 heteroatoms. The number of amides is 1. The van der Waals surface area contributed by atoms with E-state index in [4.69, 9.17) is 4.74 Å². The van der Waals surface area contributed by atoms with Gasteiger partial charge in [-0.25, -0.2) is 4.79 Å². The first-order chi connectivity index (χ1) is 11.4. The first kappa shape index (κ1) is 17.7. The number of rotatable bonds is 5. The van der Waals surface area contributed by atoms with Crippen molar-refractivity contribution in [2.75, 3.05) is 11.9 Å². The molecule has 0 saturated carbocycles. The van der Waals surface area contributed by atoms with E-state index >= 15 is 0 Å².